The topological polar surface area (TPSA) is 21.3 Å². The Morgan fingerprint density at radius 2 is 1.95 bits per heavy atom. The fourth-order valence-electron chi connectivity index (χ4n) is 1.96. The molecule has 0 aliphatic carbocycles. The molecule has 0 radical (unpaired) electrons. The summed E-state index contributed by atoms with van der Waals surface area (Å²) in [7, 11) is 0. The maximum Gasteiger partial charge on any atom is 0.120 e. The van der Waals surface area contributed by atoms with Gasteiger partial charge in [0.2, 0.25) is 0 Å². The Morgan fingerprint density at radius 1 is 1.20 bits per heavy atom. The first kappa shape index (κ1) is 17.4. The molecule has 0 bridgehead atoms. The van der Waals surface area contributed by atoms with E-state index < -0.39 is 0 Å². The van der Waals surface area contributed by atoms with Gasteiger partial charge in [-0.25, -0.2) is 0 Å². The second kappa shape index (κ2) is 9.30. The molecule has 1 aromatic carbocycles. The predicted molar refractivity (Wildman–Crippen MR) is 90.8 cm³/mol. The summed E-state index contributed by atoms with van der Waals surface area (Å²) in [5, 5.41) is 4.31. The highest BCUT2D eigenvalue weighted by Gasteiger charge is 2.12. The van der Waals surface area contributed by atoms with Gasteiger partial charge in [0.15, 0.2) is 0 Å². The largest absolute Gasteiger partial charge is 0.491 e. The van der Waals surface area contributed by atoms with Gasteiger partial charge < -0.3 is 10.1 Å². The Kier molecular flexibility index (Phi) is 8.08. The lowest BCUT2D eigenvalue weighted by Crippen LogP contribution is -2.24. The summed E-state index contributed by atoms with van der Waals surface area (Å²) < 4.78 is 5.80. The predicted octanol–water partition coefficient (Wildman–Crippen LogP) is 4.66. The number of hydrogen-bond acceptors (Lipinski definition) is 3. The number of thioether (sulfide) groups is 1. The van der Waals surface area contributed by atoms with Gasteiger partial charge in [0.05, 0.1) is 6.10 Å². The molecule has 0 amide bonds. The van der Waals surface area contributed by atoms with Crippen LogP contribution in [-0.2, 0) is 0 Å². The lowest BCUT2D eigenvalue weighted by atomic mass is 10.1. The van der Waals surface area contributed by atoms with Crippen LogP contribution in [0.4, 0.5) is 0 Å². The van der Waals surface area contributed by atoms with Gasteiger partial charge in [0, 0.05) is 11.8 Å². The summed E-state index contributed by atoms with van der Waals surface area (Å²) in [5.74, 6) is 2.07. The van der Waals surface area contributed by atoms with E-state index in [1.54, 1.807) is 0 Å². The third kappa shape index (κ3) is 6.67. The lowest BCUT2D eigenvalue weighted by molar-refractivity contribution is 0.242. The quantitative estimate of drug-likeness (QED) is 0.716. The maximum absolute atomic E-state index is 5.80. The highest BCUT2D eigenvalue weighted by atomic mass is 32.2. The molecule has 3 heteroatoms. The Morgan fingerprint density at radius 3 is 2.55 bits per heavy atom. The fourth-order valence-corrected chi connectivity index (χ4v) is 2.84. The molecule has 0 aliphatic rings. The van der Waals surface area contributed by atoms with Gasteiger partial charge in [0.25, 0.3) is 0 Å². The summed E-state index contributed by atoms with van der Waals surface area (Å²) in [6, 6.07) is 8.90. The molecule has 0 saturated heterocycles. The van der Waals surface area contributed by atoms with Crippen molar-refractivity contribution in [2.24, 2.45) is 0 Å². The van der Waals surface area contributed by atoms with Crippen molar-refractivity contribution in [2.45, 2.75) is 58.4 Å². The van der Waals surface area contributed by atoms with E-state index in [-0.39, 0.29) is 6.10 Å². The van der Waals surface area contributed by atoms with Gasteiger partial charge in [0.1, 0.15) is 5.75 Å². The Balaban J connectivity index is 2.77. The Bertz CT molecular complexity index is 379. The van der Waals surface area contributed by atoms with Crippen LogP contribution in [0.15, 0.2) is 24.3 Å². The van der Waals surface area contributed by atoms with Gasteiger partial charge in [-0.1, -0.05) is 32.9 Å². The van der Waals surface area contributed by atoms with E-state index in [2.05, 4.69) is 58.1 Å². The van der Waals surface area contributed by atoms with Crippen LogP contribution in [-0.4, -0.2) is 23.7 Å². The van der Waals surface area contributed by atoms with Gasteiger partial charge in [-0.3, -0.25) is 0 Å². The minimum Gasteiger partial charge on any atom is -0.491 e. The lowest BCUT2D eigenvalue weighted by Gasteiger charge is -2.21. The number of benzene rings is 1. The molecule has 114 valence electrons. The van der Waals surface area contributed by atoms with Crippen molar-refractivity contribution >= 4 is 11.8 Å². The zero-order valence-electron chi connectivity index (χ0n) is 13.5. The second-order valence-electron chi connectivity index (χ2n) is 5.63. The molecule has 0 aromatic heterocycles. The van der Waals surface area contributed by atoms with Gasteiger partial charge >= 0.3 is 0 Å². The van der Waals surface area contributed by atoms with E-state index in [0.717, 1.165) is 24.5 Å². The van der Waals surface area contributed by atoms with E-state index in [1.165, 1.54) is 5.56 Å². The molecule has 1 rings (SSSR count). The smallest absolute Gasteiger partial charge is 0.120 e. The summed E-state index contributed by atoms with van der Waals surface area (Å²) >= 11 is 2.00. The van der Waals surface area contributed by atoms with Crippen LogP contribution >= 0.6 is 11.8 Å². The summed E-state index contributed by atoms with van der Waals surface area (Å²) in [5.41, 5.74) is 1.32. The zero-order valence-corrected chi connectivity index (χ0v) is 14.3. The zero-order chi connectivity index (χ0) is 15.0. The molecule has 1 N–H and O–H groups in total. The molecule has 0 heterocycles. The summed E-state index contributed by atoms with van der Waals surface area (Å²) in [4.78, 5) is 0. The van der Waals surface area contributed by atoms with E-state index in [4.69, 9.17) is 4.74 Å². The molecule has 2 nitrogen and oxygen atoms in total. The molecular formula is C17H29NOS. The van der Waals surface area contributed by atoms with Crippen molar-refractivity contribution in [1.29, 1.82) is 0 Å². The van der Waals surface area contributed by atoms with Crippen molar-refractivity contribution in [3.05, 3.63) is 29.8 Å². The molecule has 0 saturated carbocycles. The van der Waals surface area contributed by atoms with E-state index >= 15 is 0 Å². The average molecular weight is 295 g/mol. The molecule has 0 spiro atoms. The van der Waals surface area contributed by atoms with Gasteiger partial charge in [-0.05, 0) is 49.8 Å². The number of nitrogens with one attached hydrogen (secondary N) is 1. The molecule has 1 aromatic rings. The number of ether oxygens (including phenoxy) is 1. The molecule has 20 heavy (non-hydrogen) atoms. The summed E-state index contributed by atoms with van der Waals surface area (Å²) in [6.07, 6.45) is 1.38. The fraction of sp³-hybridized carbons (Fsp3) is 0.647. The van der Waals surface area contributed by atoms with Gasteiger partial charge in [-0.15, -0.1) is 0 Å². The van der Waals surface area contributed by atoms with E-state index in [1.807, 2.05) is 17.8 Å². The van der Waals surface area contributed by atoms with Crippen molar-refractivity contribution < 1.29 is 4.74 Å². The van der Waals surface area contributed by atoms with Crippen LogP contribution in [0.5, 0.6) is 5.75 Å². The Hall–Kier alpha value is -0.670. The van der Waals surface area contributed by atoms with E-state index in [0.29, 0.717) is 11.3 Å². The second-order valence-corrected chi connectivity index (χ2v) is 7.24. The number of rotatable bonds is 9. The normalized spacial score (nSPS) is 12.9. The molecule has 0 aliphatic heterocycles. The Labute approximate surface area is 128 Å². The minimum atomic E-state index is 0.220. The standard InChI is InChI=1S/C17H29NOS/c1-6-10-18-17(12-20-14(4)5)15-8-7-9-16(11-15)19-13(2)3/h7-9,11,13-14,17-18H,6,10,12H2,1-5H3. The molecular weight excluding hydrogens is 266 g/mol. The summed E-state index contributed by atoms with van der Waals surface area (Å²) in [6.45, 7) is 11.9. The van der Waals surface area contributed by atoms with Crippen LogP contribution in [0.1, 0.15) is 52.6 Å². The van der Waals surface area contributed by atoms with Crippen LogP contribution in [0.2, 0.25) is 0 Å². The van der Waals surface area contributed by atoms with Crippen molar-refractivity contribution in [2.75, 3.05) is 12.3 Å². The monoisotopic (exact) mass is 295 g/mol. The molecule has 0 fully saturated rings. The van der Waals surface area contributed by atoms with Gasteiger partial charge in [-0.2, -0.15) is 11.8 Å². The average Bonchev–Trinajstić information content (AvgIpc) is 2.38. The highest BCUT2D eigenvalue weighted by molar-refractivity contribution is 7.99. The van der Waals surface area contributed by atoms with E-state index in [9.17, 15) is 0 Å². The molecule has 1 atom stereocenters. The van der Waals surface area contributed by atoms with Crippen LogP contribution in [0, 0.1) is 0 Å². The number of hydrogen-bond donors (Lipinski definition) is 1. The third-order valence-electron chi connectivity index (χ3n) is 2.87. The van der Waals surface area contributed by atoms with Crippen molar-refractivity contribution in [3.8, 4) is 5.75 Å². The third-order valence-corrected chi connectivity index (χ3v) is 4.06. The maximum atomic E-state index is 5.80. The van der Waals surface area contributed by atoms with Crippen LogP contribution < -0.4 is 10.1 Å². The first-order chi connectivity index (χ1) is 9.52. The SMILES string of the molecule is CCCNC(CSC(C)C)c1cccc(OC(C)C)c1. The molecule has 1 unspecified atom stereocenters. The van der Waals surface area contributed by atoms with Crippen molar-refractivity contribution in [3.63, 3.8) is 0 Å². The first-order valence-corrected chi connectivity index (χ1v) is 8.69. The first-order valence-electron chi connectivity index (χ1n) is 7.64. The van der Waals surface area contributed by atoms with Crippen molar-refractivity contribution in [1.82, 2.24) is 5.32 Å². The van der Waals surface area contributed by atoms with Crippen LogP contribution in [0.25, 0.3) is 0 Å². The minimum absolute atomic E-state index is 0.220. The van der Waals surface area contributed by atoms with Crippen LogP contribution in [0.3, 0.4) is 0 Å². The highest BCUT2D eigenvalue weighted by Crippen LogP contribution is 2.24.